The molecule has 1 N–H and O–H groups in total. The van der Waals surface area contributed by atoms with Gasteiger partial charge in [0.15, 0.2) is 0 Å². The quantitative estimate of drug-likeness (QED) is 0.515. The summed E-state index contributed by atoms with van der Waals surface area (Å²) in [5, 5.41) is 19.2. The smallest absolute Gasteiger partial charge is 0.203 e. The summed E-state index contributed by atoms with van der Waals surface area (Å²) in [4.78, 5) is 12.3. The molecule has 3 nitrogen and oxygen atoms in total. The number of nitriles is 1. The molecule has 0 fully saturated rings. The first-order chi connectivity index (χ1) is 9.99. The zero-order valence-electron chi connectivity index (χ0n) is 10.7. The summed E-state index contributed by atoms with van der Waals surface area (Å²) in [6, 6.07) is 12.5. The van der Waals surface area contributed by atoms with Gasteiger partial charge < -0.3 is 5.11 Å². The molecule has 0 aliphatic carbocycles. The predicted molar refractivity (Wildman–Crippen MR) is 82.5 cm³/mol. The van der Waals surface area contributed by atoms with Crippen molar-refractivity contribution >= 4 is 35.1 Å². The molecule has 21 heavy (non-hydrogen) atoms. The van der Waals surface area contributed by atoms with Gasteiger partial charge in [0.25, 0.3) is 0 Å². The van der Waals surface area contributed by atoms with Crippen molar-refractivity contribution in [3.05, 3.63) is 69.2 Å². The Hall–Kier alpha value is -2.28. The second-order valence-corrected chi connectivity index (χ2v) is 5.12. The monoisotopic (exact) mass is 317 g/mol. The normalized spacial score (nSPS) is 11.0. The largest absolute Gasteiger partial charge is 0.508 e. The molecule has 0 saturated heterocycles. The number of Topliss-reactive ketones (excluding diaryl/α,β-unsaturated/α-hetero) is 1. The third-order valence-electron chi connectivity index (χ3n) is 2.67. The van der Waals surface area contributed by atoms with Gasteiger partial charge >= 0.3 is 0 Å². The van der Waals surface area contributed by atoms with Crippen LogP contribution in [0.25, 0.3) is 6.08 Å². The number of benzene rings is 2. The lowest BCUT2D eigenvalue weighted by Gasteiger charge is -2.02. The van der Waals surface area contributed by atoms with Gasteiger partial charge in [0, 0.05) is 15.6 Å². The van der Waals surface area contributed by atoms with E-state index in [1.165, 1.54) is 36.4 Å². The van der Waals surface area contributed by atoms with E-state index in [1.807, 2.05) is 6.07 Å². The first-order valence-corrected chi connectivity index (χ1v) is 6.67. The fourth-order valence-electron chi connectivity index (χ4n) is 1.77. The average molecular weight is 318 g/mol. The minimum absolute atomic E-state index is 0.0549. The van der Waals surface area contributed by atoms with E-state index in [1.54, 1.807) is 12.1 Å². The van der Waals surface area contributed by atoms with Gasteiger partial charge in [-0.25, -0.2) is 0 Å². The maximum Gasteiger partial charge on any atom is 0.203 e. The summed E-state index contributed by atoms with van der Waals surface area (Å²) in [5.41, 5.74) is 0.715. The SMILES string of the molecule is N#C/C(=C\c1cccc(O)c1)C(=O)c1cc(Cl)cc(Cl)c1. The van der Waals surface area contributed by atoms with Crippen molar-refractivity contribution < 1.29 is 9.90 Å². The third kappa shape index (κ3) is 3.85. The van der Waals surface area contributed by atoms with Crippen LogP contribution in [-0.4, -0.2) is 10.9 Å². The van der Waals surface area contributed by atoms with Crippen molar-refractivity contribution in [2.24, 2.45) is 0 Å². The molecule has 5 heteroatoms. The first-order valence-electron chi connectivity index (χ1n) is 5.91. The lowest BCUT2D eigenvalue weighted by molar-refractivity contribution is 0.104. The number of aromatic hydroxyl groups is 1. The highest BCUT2D eigenvalue weighted by atomic mass is 35.5. The van der Waals surface area contributed by atoms with Gasteiger partial charge in [0.1, 0.15) is 17.4 Å². The molecule has 0 aliphatic heterocycles. The van der Waals surface area contributed by atoms with Crippen molar-refractivity contribution in [1.29, 1.82) is 5.26 Å². The summed E-state index contributed by atoms with van der Waals surface area (Å²) >= 11 is 11.7. The molecule has 0 saturated carbocycles. The van der Waals surface area contributed by atoms with Gasteiger partial charge in [-0.05, 0) is 42.0 Å². The first kappa shape index (κ1) is 15.1. The summed E-state index contributed by atoms with van der Waals surface area (Å²) in [5.74, 6) is -0.426. The van der Waals surface area contributed by atoms with Crippen molar-refractivity contribution in [2.75, 3.05) is 0 Å². The maximum atomic E-state index is 12.3. The molecule has 104 valence electrons. The van der Waals surface area contributed by atoms with E-state index in [0.29, 0.717) is 15.6 Å². The highest BCUT2D eigenvalue weighted by Crippen LogP contribution is 2.22. The molecular formula is C16H9Cl2NO2. The van der Waals surface area contributed by atoms with Gasteiger partial charge in [-0.2, -0.15) is 5.26 Å². The topological polar surface area (TPSA) is 61.1 Å². The molecule has 0 aliphatic rings. The van der Waals surface area contributed by atoms with E-state index >= 15 is 0 Å². The van der Waals surface area contributed by atoms with E-state index < -0.39 is 5.78 Å². The lowest BCUT2D eigenvalue weighted by atomic mass is 10.0. The van der Waals surface area contributed by atoms with Crippen LogP contribution < -0.4 is 0 Å². The van der Waals surface area contributed by atoms with Crippen LogP contribution in [0, 0.1) is 11.3 Å². The van der Waals surface area contributed by atoms with Crippen molar-refractivity contribution in [3.8, 4) is 11.8 Å². The molecule has 0 aromatic heterocycles. The second-order valence-electron chi connectivity index (χ2n) is 4.25. The zero-order chi connectivity index (χ0) is 15.4. The van der Waals surface area contributed by atoms with Crippen molar-refractivity contribution in [3.63, 3.8) is 0 Å². The number of hydrogen-bond donors (Lipinski definition) is 1. The number of allylic oxidation sites excluding steroid dienone is 1. The predicted octanol–water partition coefficient (Wildman–Crippen LogP) is 4.49. The summed E-state index contributed by atoms with van der Waals surface area (Å²) in [7, 11) is 0. The second kappa shape index (κ2) is 6.45. The van der Waals surface area contributed by atoms with Crippen LogP contribution in [0.4, 0.5) is 0 Å². The molecule has 0 heterocycles. The van der Waals surface area contributed by atoms with Gasteiger partial charge in [0.05, 0.1) is 0 Å². The lowest BCUT2D eigenvalue weighted by Crippen LogP contribution is -2.02. The summed E-state index contributed by atoms with van der Waals surface area (Å²) < 4.78 is 0. The number of carbonyl (C=O) groups excluding carboxylic acids is 1. The molecular weight excluding hydrogens is 309 g/mol. The van der Waals surface area contributed by atoms with E-state index in [9.17, 15) is 9.90 Å². The number of phenols is 1. The fraction of sp³-hybridized carbons (Fsp3) is 0. The summed E-state index contributed by atoms with van der Waals surface area (Å²) in [6.07, 6.45) is 1.40. The maximum absolute atomic E-state index is 12.3. The Labute approximate surface area is 131 Å². The Bertz CT molecular complexity index is 756. The number of hydrogen-bond acceptors (Lipinski definition) is 3. The molecule has 0 unspecified atom stereocenters. The van der Waals surface area contributed by atoms with Crippen molar-refractivity contribution in [1.82, 2.24) is 0 Å². The van der Waals surface area contributed by atoms with Crippen molar-refractivity contribution in [2.45, 2.75) is 0 Å². The highest BCUT2D eigenvalue weighted by molar-refractivity contribution is 6.35. The number of carbonyl (C=O) groups is 1. The van der Waals surface area contributed by atoms with Crippen LogP contribution in [0.1, 0.15) is 15.9 Å². The number of halogens is 2. The highest BCUT2D eigenvalue weighted by Gasteiger charge is 2.13. The van der Waals surface area contributed by atoms with Crippen LogP contribution in [-0.2, 0) is 0 Å². The van der Waals surface area contributed by atoms with E-state index in [-0.39, 0.29) is 16.9 Å². The third-order valence-corrected chi connectivity index (χ3v) is 3.11. The van der Waals surface area contributed by atoms with Crippen LogP contribution >= 0.6 is 23.2 Å². The number of ketones is 1. The van der Waals surface area contributed by atoms with E-state index in [2.05, 4.69) is 0 Å². The van der Waals surface area contributed by atoms with E-state index in [0.717, 1.165) is 0 Å². The van der Waals surface area contributed by atoms with E-state index in [4.69, 9.17) is 28.5 Å². The standard InChI is InChI=1S/C16H9Cl2NO2/c17-13-6-11(7-14(18)8-13)16(21)12(9-19)4-10-2-1-3-15(20)5-10/h1-8,20H/b12-4+. The average Bonchev–Trinajstić information content (AvgIpc) is 2.43. The van der Waals surface area contributed by atoms with Crippen LogP contribution in [0.5, 0.6) is 5.75 Å². The zero-order valence-corrected chi connectivity index (χ0v) is 12.2. The minimum atomic E-state index is -0.481. The van der Waals surface area contributed by atoms with Gasteiger partial charge in [0.2, 0.25) is 5.78 Å². The number of nitrogens with zero attached hydrogens (tertiary/aromatic N) is 1. The Morgan fingerprint density at radius 1 is 1.14 bits per heavy atom. The Morgan fingerprint density at radius 2 is 1.81 bits per heavy atom. The Morgan fingerprint density at radius 3 is 2.38 bits per heavy atom. The summed E-state index contributed by atoms with van der Waals surface area (Å²) in [6.45, 7) is 0. The molecule has 0 amide bonds. The van der Waals surface area contributed by atoms with Crippen LogP contribution in [0.2, 0.25) is 10.0 Å². The van der Waals surface area contributed by atoms with Crippen LogP contribution in [0.15, 0.2) is 48.0 Å². The Balaban J connectivity index is 2.42. The van der Waals surface area contributed by atoms with Gasteiger partial charge in [-0.15, -0.1) is 0 Å². The molecule has 2 aromatic rings. The number of phenolic OH excluding ortho intramolecular Hbond substituents is 1. The molecule has 2 aromatic carbocycles. The fourth-order valence-corrected chi connectivity index (χ4v) is 2.30. The Kier molecular flexibility index (Phi) is 4.64. The molecule has 2 rings (SSSR count). The molecule has 0 atom stereocenters. The molecule has 0 spiro atoms. The van der Waals surface area contributed by atoms with Gasteiger partial charge in [-0.1, -0.05) is 35.3 Å². The van der Waals surface area contributed by atoms with Gasteiger partial charge in [-0.3, -0.25) is 4.79 Å². The minimum Gasteiger partial charge on any atom is -0.508 e. The number of rotatable bonds is 3. The molecule has 0 radical (unpaired) electrons. The molecule has 0 bridgehead atoms. The van der Waals surface area contributed by atoms with Crippen LogP contribution in [0.3, 0.4) is 0 Å².